The summed E-state index contributed by atoms with van der Waals surface area (Å²) in [5.74, 6) is -0.418. The lowest BCUT2D eigenvalue weighted by molar-refractivity contribution is 0.0603. The molecular weight excluding hydrogens is 426 g/mol. The van der Waals surface area contributed by atoms with Crippen molar-refractivity contribution in [3.05, 3.63) is 82.3 Å². The highest BCUT2D eigenvalue weighted by molar-refractivity contribution is 6.16. The van der Waals surface area contributed by atoms with E-state index < -0.39 is 5.97 Å². The SMILES string of the molecule is COC(=O)c1cc2cc(=O)[nH]cc2c2cc(-c3ccc(CN(C)CCCN(C)C)cc3)ccc12. The largest absolute Gasteiger partial charge is 0.465 e. The second kappa shape index (κ2) is 10.2. The molecule has 4 aromatic rings. The molecule has 0 unspecified atom stereocenters. The lowest BCUT2D eigenvalue weighted by Gasteiger charge is -2.18. The summed E-state index contributed by atoms with van der Waals surface area (Å²) >= 11 is 0. The normalized spacial score (nSPS) is 11.6. The van der Waals surface area contributed by atoms with E-state index in [-0.39, 0.29) is 5.56 Å². The molecule has 6 heteroatoms. The number of H-pyrrole nitrogens is 1. The molecule has 0 bridgehead atoms. The monoisotopic (exact) mass is 457 g/mol. The van der Waals surface area contributed by atoms with Crippen LogP contribution in [0.25, 0.3) is 32.7 Å². The van der Waals surface area contributed by atoms with E-state index in [2.05, 4.69) is 66.3 Å². The summed E-state index contributed by atoms with van der Waals surface area (Å²) in [4.78, 5) is 31.6. The number of esters is 1. The number of fused-ring (bicyclic) bond motifs is 3. The van der Waals surface area contributed by atoms with Gasteiger partial charge in [0.15, 0.2) is 0 Å². The van der Waals surface area contributed by atoms with Gasteiger partial charge in [0.25, 0.3) is 0 Å². The van der Waals surface area contributed by atoms with Crippen LogP contribution in [0.15, 0.2) is 65.6 Å². The van der Waals surface area contributed by atoms with Crippen molar-refractivity contribution < 1.29 is 9.53 Å². The summed E-state index contributed by atoms with van der Waals surface area (Å²) in [5.41, 5.74) is 3.67. The first-order valence-corrected chi connectivity index (χ1v) is 11.5. The Hall–Kier alpha value is -3.48. The van der Waals surface area contributed by atoms with Crippen LogP contribution in [-0.4, -0.2) is 62.1 Å². The van der Waals surface area contributed by atoms with Crippen molar-refractivity contribution in [3.8, 4) is 11.1 Å². The fourth-order valence-electron chi connectivity index (χ4n) is 4.38. The van der Waals surface area contributed by atoms with Gasteiger partial charge in [0.2, 0.25) is 5.56 Å². The van der Waals surface area contributed by atoms with Crippen molar-refractivity contribution >= 4 is 27.5 Å². The third-order valence-electron chi connectivity index (χ3n) is 6.15. The van der Waals surface area contributed by atoms with Crippen molar-refractivity contribution in [1.82, 2.24) is 14.8 Å². The van der Waals surface area contributed by atoms with Gasteiger partial charge in [-0.1, -0.05) is 36.4 Å². The summed E-state index contributed by atoms with van der Waals surface area (Å²) in [5, 5.41) is 3.30. The Morgan fingerprint density at radius 2 is 1.62 bits per heavy atom. The van der Waals surface area contributed by atoms with Crippen LogP contribution < -0.4 is 5.56 Å². The predicted molar refractivity (Wildman–Crippen MR) is 138 cm³/mol. The van der Waals surface area contributed by atoms with Gasteiger partial charge in [-0.15, -0.1) is 0 Å². The van der Waals surface area contributed by atoms with Crippen LogP contribution in [0.1, 0.15) is 22.3 Å². The van der Waals surface area contributed by atoms with Crippen LogP contribution in [0, 0.1) is 0 Å². The van der Waals surface area contributed by atoms with E-state index in [1.165, 1.54) is 18.7 Å². The minimum atomic E-state index is -0.418. The molecule has 3 aromatic carbocycles. The summed E-state index contributed by atoms with van der Waals surface area (Å²) < 4.78 is 4.99. The van der Waals surface area contributed by atoms with Gasteiger partial charge < -0.3 is 19.5 Å². The molecule has 34 heavy (non-hydrogen) atoms. The third kappa shape index (κ3) is 5.19. The van der Waals surface area contributed by atoms with E-state index in [4.69, 9.17) is 4.74 Å². The summed E-state index contributed by atoms with van der Waals surface area (Å²) in [6.07, 6.45) is 2.85. The first-order chi connectivity index (χ1) is 16.4. The van der Waals surface area contributed by atoms with Gasteiger partial charge in [0.1, 0.15) is 0 Å². The van der Waals surface area contributed by atoms with Gasteiger partial charge in [0.05, 0.1) is 12.7 Å². The van der Waals surface area contributed by atoms with Crippen LogP contribution in [0.3, 0.4) is 0 Å². The average Bonchev–Trinajstić information content (AvgIpc) is 2.82. The minimum Gasteiger partial charge on any atom is -0.465 e. The molecule has 1 N–H and O–H groups in total. The van der Waals surface area contributed by atoms with Crippen LogP contribution in [0.2, 0.25) is 0 Å². The Bertz CT molecular complexity index is 1370. The molecule has 176 valence electrons. The highest BCUT2D eigenvalue weighted by atomic mass is 16.5. The lowest BCUT2D eigenvalue weighted by atomic mass is 9.94. The number of pyridine rings is 1. The summed E-state index contributed by atoms with van der Waals surface area (Å²) in [7, 11) is 7.72. The number of benzene rings is 3. The number of rotatable bonds is 8. The Balaban J connectivity index is 1.65. The standard InChI is InChI=1S/C28H31N3O3/c1-30(2)12-5-13-31(3)18-19-6-8-20(9-7-19)21-10-11-23-24(14-21)26-17-29-27(32)16-22(26)15-25(23)28(33)34-4/h6-11,14-17H,5,12-13,18H2,1-4H3,(H,29,32). The topological polar surface area (TPSA) is 65.6 Å². The molecule has 0 aliphatic carbocycles. The van der Waals surface area contributed by atoms with Gasteiger partial charge in [-0.3, -0.25) is 4.79 Å². The molecule has 0 saturated carbocycles. The molecule has 1 aromatic heterocycles. The molecule has 0 radical (unpaired) electrons. The molecule has 0 fully saturated rings. The number of ether oxygens (including phenoxy) is 1. The smallest absolute Gasteiger partial charge is 0.338 e. The van der Waals surface area contributed by atoms with E-state index >= 15 is 0 Å². The number of hydrogen-bond acceptors (Lipinski definition) is 5. The average molecular weight is 458 g/mol. The molecule has 0 amide bonds. The molecule has 1 heterocycles. The second-order valence-electron chi connectivity index (χ2n) is 9.07. The second-order valence-corrected chi connectivity index (χ2v) is 9.07. The molecule has 0 spiro atoms. The molecule has 0 saturated heterocycles. The van der Waals surface area contributed by atoms with E-state index in [0.717, 1.165) is 53.3 Å². The molecule has 0 aliphatic rings. The van der Waals surface area contributed by atoms with E-state index in [9.17, 15) is 9.59 Å². The third-order valence-corrected chi connectivity index (χ3v) is 6.15. The fourth-order valence-corrected chi connectivity index (χ4v) is 4.38. The molecule has 0 aliphatic heterocycles. The Labute approximate surface area is 199 Å². The highest BCUT2D eigenvalue weighted by Crippen LogP contribution is 2.32. The Morgan fingerprint density at radius 1 is 0.882 bits per heavy atom. The first kappa shape index (κ1) is 23.7. The van der Waals surface area contributed by atoms with Crippen LogP contribution >= 0.6 is 0 Å². The van der Waals surface area contributed by atoms with Crippen LogP contribution in [0.5, 0.6) is 0 Å². The highest BCUT2D eigenvalue weighted by Gasteiger charge is 2.15. The zero-order chi connectivity index (χ0) is 24.2. The summed E-state index contributed by atoms with van der Waals surface area (Å²) in [6.45, 7) is 3.06. The molecule has 4 rings (SSSR count). The fraction of sp³-hybridized carbons (Fsp3) is 0.286. The number of nitrogens with one attached hydrogen (secondary N) is 1. The van der Waals surface area contributed by atoms with E-state index in [0.29, 0.717) is 10.9 Å². The number of carbonyl (C=O) groups is 1. The molecule has 6 nitrogen and oxygen atoms in total. The van der Waals surface area contributed by atoms with Crippen molar-refractivity contribution in [2.75, 3.05) is 41.3 Å². The predicted octanol–water partition coefficient (Wildman–Crippen LogP) is 4.52. The first-order valence-electron chi connectivity index (χ1n) is 11.5. The van der Waals surface area contributed by atoms with Crippen molar-refractivity contribution in [1.29, 1.82) is 0 Å². The Morgan fingerprint density at radius 3 is 2.32 bits per heavy atom. The van der Waals surface area contributed by atoms with Gasteiger partial charge in [-0.25, -0.2) is 4.79 Å². The van der Waals surface area contributed by atoms with Gasteiger partial charge in [-0.05, 0) is 85.6 Å². The number of aromatic amines is 1. The quantitative estimate of drug-likeness (QED) is 0.311. The van der Waals surface area contributed by atoms with Crippen LogP contribution in [-0.2, 0) is 11.3 Å². The lowest BCUT2D eigenvalue weighted by Crippen LogP contribution is -2.23. The maximum atomic E-state index is 12.4. The van der Waals surface area contributed by atoms with Gasteiger partial charge in [-0.2, -0.15) is 0 Å². The van der Waals surface area contributed by atoms with Crippen LogP contribution in [0.4, 0.5) is 0 Å². The molecule has 0 atom stereocenters. The zero-order valence-corrected chi connectivity index (χ0v) is 20.2. The number of carbonyl (C=O) groups excluding carboxylic acids is 1. The molecular formula is C28H31N3O3. The van der Waals surface area contributed by atoms with E-state index in [1.807, 2.05) is 12.1 Å². The summed E-state index contributed by atoms with van der Waals surface area (Å²) in [6, 6.07) is 17.9. The number of aromatic nitrogens is 1. The van der Waals surface area contributed by atoms with Gasteiger partial charge in [0, 0.05) is 24.2 Å². The minimum absolute atomic E-state index is 0.207. The number of hydrogen-bond donors (Lipinski definition) is 1. The number of methoxy groups -OCH3 is 1. The van der Waals surface area contributed by atoms with E-state index in [1.54, 1.807) is 12.3 Å². The maximum Gasteiger partial charge on any atom is 0.338 e. The van der Waals surface area contributed by atoms with Crippen molar-refractivity contribution in [2.24, 2.45) is 0 Å². The van der Waals surface area contributed by atoms with Gasteiger partial charge >= 0.3 is 5.97 Å². The van der Waals surface area contributed by atoms with Crippen molar-refractivity contribution in [3.63, 3.8) is 0 Å². The number of nitrogens with zero attached hydrogens (tertiary/aromatic N) is 2. The maximum absolute atomic E-state index is 12.4. The zero-order valence-electron chi connectivity index (χ0n) is 20.2. The van der Waals surface area contributed by atoms with Crippen molar-refractivity contribution in [2.45, 2.75) is 13.0 Å². The Kier molecular flexibility index (Phi) is 7.10.